The third kappa shape index (κ3) is 3.92. The fourth-order valence-corrected chi connectivity index (χ4v) is 5.00. The van der Waals surface area contributed by atoms with Gasteiger partial charge in [0.05, 0.1) is 17.4 Å². The summed E-state index contributed by atoms with van der Waals surface area (Å²) in [5.74, 6) is 0. The van der Waals surface area contributed by atoms with Crippen molar-refractivity contribution in [3.63, 3.8) is 0 Å². The second-order valence-electron chi connectivity index (χ2n) is 8.06. The minimum atomic E-state index is -0.584. The number of nitrogens with two attached hydrogens (primary N) is 1. The molecule has 2 heterocycles. The Labute approximate surface area is 185 Å². The first-order chi connectivity index (χ1) is 14.4. The number of hydrogen-bond acceptors (Lipinski definition) is 4. The van der Waals surface area contributed by atoms with Crippen molar-refractivity contribution in [2.24, 2.45) is 5.73 Å². The second kappa shape index (κ2) is 8.53. The maximum atomic E-state index is 13.1. The van der Waals surface area contributed by atoms with Gasteiger partial charge in [-0.2, -0.15) is 0 Å². The molecule has 2 N–H and O–H groups in total. The first-order valence-corrected chi connectivity index (χ1v) is 10.9. The third-order valence-corrected chi connectivity index (χ3v) is 6.94. The maximum absolute atomic E-state index is 13.1. The number of benzene rings is 1. The van der Waals surface area contributed by atoms with Crippen molar-refractivity contribution in [2.75, 3.05) is 24.5 Å². The number of pyridine rings is 1. The van der Waals surface area contributed by atoms with E-state index in [1.54, 1.807) is 17.2 Å². The summed E-state index contributed by atoms with van der Waals surface area (Å²) in [5, 5.41) is 0.137. The van der Waals surface area contributed by atoms with Crippen molar-refractivity contribution in [1.29, 1.82) is 0 Å². The van der Waals surface area contributed by atoms with Crippen molar-refractivity contribution in [1.82, 2.24) is 9.88 Å². The molecule has 2 aliphatic rings. The van der Waals surface area contributed by atoms with Crippen LogP contribution in [-0.4, -0.2) is 46.8 Å². The van der Waals surface area contributed by atoms with Crippen molar-refractivity contribution >= 4 is 40.2 Å². The monoisotopic (exact) mass is 446 g/mol. The van der Waals surface area contributed by atoms with E-state index in [0.717, 1.165) is 30.7 Å². The van der Waals surface area contributed by atoms with E-state index in [1.165, 1.54) is 11.8 Å². The summed E-state index contributed by atoms with van der Waals surface area (Å²) >= 11 is 11.8. The van der Waals surface area contributed by atoms with E-state index < -0.39 is 5.24 Å². The van der Waals surface area contributed by atoms with Crippen molar-refractivity contribution in [3.8, 4) is 0 Å². The molecule has 8 heteroatoms. The van der Waals surface area contributed by atoms with Crippen LogP contribution >= 0.6 is 23.2 Å². The number of anilines is 1. The molecule has 0 spiro atoms. The zero-order valence-electron chi connectivity index (χ0n) is 16.6. The molecule has 0 radical (unpaired) electrons. The number of carbonyl (C=O) groups is 2. The van der Waals surface area contributed by atoms with Crippen LogP contribution in [0, 0.1) is 0 Å². The lowest BCUT2D eigenvalue weighted by Crippen LogP contribution is -2.46. The molecule has 1 aliphatic carbocycles. The summed E-state index contributed by atoms with van der Waals surface area (Å²) in [6, 6.07) is 9.69. The van der Waals surface area contributed by atoms with E-state index in [2.05, 4.69) is 11.1 Å². The molecule has 2 fully saturated rings. The molecule has 1 aliphatic heterocycles. The highest BCUT2D eigenvalue weighted by atomic mass is 35.5. The molecule has 6 nitrogen and oxygen atoms in total. The molecule has 1 saturated carbocycles. The molecule has 2 aromatic rings. The molecule has 1 saturated heterocycles. The number of amides is 2. The number of aromatic nitrogens is 1. The summed E-state index contributed by atoms with van der Waals surface area (Å²) in [5.41, 5.74) is 8.17. The van der Waals surface area contributed by atoms with E-state index in [1.807, 2.05) is 23.1 Å². The van der Waals surface area contributed by atoms with Gasteiger partial charge in [-0.25, -0.2) is 4.79 Å². The number of nitrogens with zero attached hydrogens (tertiary/aromatic N) is 3. The Bertz CT molecular complexity index is 960. The fraction of sp³-hybridized carbons (Fsp3) is 0.409. The Kier molecular flexibility index (Phi) is 6.00. The molecule has 30 heavy (non-hydrogen) atoms. The van der Waals surface area contributed by atoms with Crippen molar-refractivity contribution < 1.29 is 9.59 Å². The minimum Gasteiger partial charge on any atom is -0.330 e. The van der Waals surface area contributed by atoms with Crippen LogP contribution in [0.4, 0.5) is 10.5 Å². The summed E-state index contributed by atoms with van der Waals surface area (Å²) in [4.78, 5) is 32.2. The van der Waals surface area contributed by atoms with Gasteiger partial charge in [0.2, 0.25) is 0 Å². The summed E-state index contributed by atoms with van der Waals surface area (Å²) in [6.07, 6.45) is 6.60. The minimum absolute atomic E-state index is 0.0519. The molecule has 0 bridgehead atoms. The first-order valence-electron chi connectivity index (χ1n) is 10.1. The topological polar surface area (TPSA) is 79.5 Å². The second-order valence-corrected chi connectivity index (χ2v) is 8.84. The van der Waals surface area contributed by atoms with Gasteiger partial charge in [-0.15, -0.1) is 0 Å². The highest BCUT2D eigenvalue weighted by Gasteiger charge is 2.41. The smallest absolute Gasteiger partial charge is 0.324 e. The maximum Gasteiger partial charge on any atom is 0.324 e. The summed E-state index contributed by atoms with van der Waals surface area (Å²) in [7, 11) is 0. The van der Waals surface area contributed by atoms with Gasteiger partial charge in [0, 0.05) is 42.3 Å². The predicted octanol–water partition coefficient (Wildman–Crippen LogP) is 4.20. The fourth-order valence-electron chi connectivity index (χ4n) is 4.71. The van der Waals surface area contributed by atoms with Crippen LogP contribution in [-0.2, 0) is 5.41 Å². The molecule has 0 atom stereocenters. The summed E-state index contributed by atoms with van der Waals surface area (Å²) in [6.45, 7) is 1.77. The van der Waals surface area contributed by atoms with Crippen molar-refractivity contribution in [2.45, 2.75) is 37.1 Å². The molecule has 4 rings (SSSR count). The van der Waals surface area contributed by atoms with E-state index in [0.29, 0.717) is 25.3 Å². The number of rotatable bonds is 5. The molecule has 1 aromatic heterocycles. The third-order valence-electron chi connectivity index (χ3n) is 6.48. The number of urea groups is 1. The van der Waals surface area contributed by atoms with Gasteiger partial charge in [-0.1, -0.05) is 23.7 Å². The van der Waals surface area contributed by atoms with Gasteiger partial charge in [0.25, 0.3) is 5.24 Å². The van der Waals surface area contributed by atoms with Crippen LogP contribution in [0.1, 0.15) is 41.6 Å². The van der Waals surface area contributed by atoms with Crippen LogP contribution in [0.15, 0.2) is 42.7 Å². The largest absolute Gasteiger partial charge is 0.330 e. The zero-order valence-corrected chi connectivity index (χ0v) is 18.1. The molecular formula is C22H24Cl2N4O2. The van der Waals surface area contributed by atoms with E-state index in [-0.39, 0.29) is 23.1 Å². The lowest BCUT2D eigenvalue weighted by molar-refractivity contribution is 0.108. The van der Waals surface area contributed by atoms with E-state index in [4.69, 9.17) is 28.9 Å². The lowest BCUT2D eigenvalue weighted by atomic mass is 9.68. The van der Waals surface area contributed by atoms with Gasteiger partial charge in [-0.3, -0.25) is 14.7 Å². The normalized spacial score (nSPS) is 24.4. The Hall–Kier alpha value is -2.15. The van der Waals surface area contributed by atoms with Crippen LogP contribution in [0.3, 0.4) is 0 Å². The van der Waals surface area contributed by atoms with Crippen molar-refractivity contribution in [3.05, 3.63) is 58.9 Å². The highest BCUT2D eigenvalue weighted by molar-refractivity contribution is 6.67. The Balaban J connectivity index is 1.46. The standard InChI is InChI=1S/C22H24Cl2N4O2/c23-17-3-1-2-16(11-17)22(14-25)6-4-18(5-7-22)27-8-9-28(21(27)30)19-10-15(20(24)29)12-26-13-19/h1-3,10-13,18H,4-9,14,25H2. The average molecular weight is 447 g/mol. The molecule has 0 unspecified atom stereocenters. The quantitative estimate of drug-likeness (QED) is 0.697. The van der Waals surface area contributed by atoms with Crippen LogP contribution in [0.2, 0.25) is 5.02 Å². The zero-order chi connectivity index (χ0) is 21.3. The molecule has 158 valence electrons. The Morgan fingerprint density at radius 2 is 1.97 bits per heavy atom. The predicted molar refractivity (Wildman–Crippen MR) is 118 cm³/mol. The number of carbonyl (C=O) groups excluding carboxylic acids is 2. The SMILES string of the molecule is NCC1(c2cccc(Cl)c2)CCC(N2CCN(c3cncc(C(=O)Cl)c3)C2=O)CC1. The summed E-state index contributed by atoms with van der Waals surface area (Å²) < 4.78 is 0. The molecule has 1 aromatic carbocycles. The van der Waals surface area contributed by atoms with Crippen LogP contribution < -0.4 is 10.6 Å². The van der Waals surface area contributed by atoms with Gasteiger partial charge in [-0.05, 0) is 61.0 Å². The van der Waals surface area contributed by atoms with Crippen LogP contribution in [0.25, 0.3) is 0 Å². The Morgan fingerprint density at radius 1 is 1.20 bits per heavy atom. The first kappa shape index (κ1) is 21.1. The van der Waals surface area contributed by atoms with Gasteiger partial charge in [0.15, 0.2) is 0 Å². The number of halogens is 2. The lowest BCUT2D eigenvalue weighted by Gasteiger charge is -2.42. The molecule has 2 amide bonds. The van der Waals surface area contributed by atoms with Crippen LogP contribution in [0.5, 0.6) is 0 Å². The van der Waals surface area contributed by atoms with E-state index in [9.17, 15) is 9.59 Å². The Morgan fingerprint density at radius 3 is 2.63 bits per heavy atom. The number of hydrogen-bond donors (Lipinski definition) is 1. The highest BCUT2D eigenvalue weighted by Crippen LogP contribution is 2.41. The van der Waals surface area contributed by atoms with Gasteiger partial charge >= 0.3 is 6.03 Å². The molecular weight excluding hydrogens is 423 g/mol. The van der Waals surface area contributed by atoms with Gasteiger partial charge < -0.3 is 10.6 Å². The average Bonchev–Trinajstić information content (AvgIpc) is 3.15. The van der Waals surface area contributed by atoms with Gasteiger partial charge in [0.1, 0.15) is 0 Å². The van der Waals surface area contributed by atoms with E-state index >= 15 is 0 Å².